The van der Waals surface area contributed by atoms with Gasteiger partial charge in [-0.05, 0) is 57.1 Å². The van der Waals surface area contributed by atoms with Crippen LogP contribution < -0.4 is 0 Å². The van der Waals surface area contributed by atoms with E-state index < -0.39 is 0 Å². The van der Waals surface area contributed by atoms with Crippen molar-refractivity contribution < 1.29 is 4.74 Å². The number of hydrogen-bond acceptors (Lipinski definition) is 3. The summed E-state index contributed by atoms with van der Waals surface area (Å²) in [6.07, 6.45) is 4.87. The molecule has 4 heteroatoms. The van der Waals surface area contributed by atoms with Crippen molar-refractivity contribution in [1.29, 1.82) is 0 Å². The van der Waals surface area contributed by atoms with Crippen molar-refractivity contribution in [3.8, 4) is 0 Å². The van der Waals surface area contributed by atoms with Crippen molar-refractivity contribution in [2.24, 2.45) is 0 Å². The Kier molecular flexibility index (Phi) is 3.72. The third-order valence-corrected chi connectivity index (χ3v) is 6.34. The molecule has 27 heavy (non-hydrogen) atoms. The van der Waals surface area contributed by atoms with Gasteiger partial charge >= 0.3 is 0 Å². The zero-order valence-electron chi connectivity index (χ0n) is 16.6. The fourth-order valence-electron chi connectivity index (χ4n) is 5.04. The Morgan fingerprint density at radius 1 is 1.22 bits per heavy atom. The molecule has 2 atom stereocenters. The van der Waals surface area contributed by atoms with E-state index in [2.05, 4.69) is 66.5 Å². The average molecular weight is 361 g/mol. The van der Waals surface area contributed by atoms with Crippen LogP contribution in [0.2, 0.25) is 0 Å². The zero-order chi connectivity index (χ0) is 18.8. The first-order valence-electron chi connectivity index (χ1n) is 9.87. The van der Waals surface area contributed by atoms with Gasteiger partial charge in [-0.15, -0.1) is 0 Å². The van der Waals surface area contributed by atoms with Crippen molar-refractivity contribution in [2.45, 2.75) is 52.0 Å². The molecule has 4 heterocycles. The number of aryl methyl sites for hydroxylation is 1. The molecule has 0 N–H and O–H groups in total. The number of rotatable bonds is 1. The molecule has 3 aromatic rings. The molecular formula is C23H27N3O. The molecule has 0 spiro atoms. The Balaban J connectivity index is 1.78. The molecule has 1 aromatic carbocycles. The molecule has 2 aliphatic heterocycles. The molecule has 0 aliphatic carbocycles. The maximum Gasteiger partial charge on any atom is 0.109 e. The maximum atomic E-state index is 6.72. The summed E-state index contributed by atoms with van der Waals surface area (Å²) in [6.45, 7) is 9.61. The van der Waals surface area contributed by atoms with Crippen LogP contribution in [0.25, 0.3) is 10.9 Å². The highest BCUT2D eigenvalue weighted by molar-refractivity contribution is 5.90. The van der Waals surface area contributed by atoms with E-state index >= 15 is 0 Å². The first-order valence-corrected chi connectivity index (χ1v) is 9.87. The van der Waals surface area contributed by atoms with Crippen LogP contribution in [0.5, 0.6) is 0 Å². The number of benzene rings is 1. The molecule has 0 radical (unpaired) electrons. The molecule has 2 aromatic heterocycles. The number of aromatic nitrogens is 2. The van der Waals surface area contributed by atoms with E-state index in [-0.39, 0.29) is 11.7 Å². The van der Waals surface area contributed by atoms with E-state index in [1.807, 2.05) is 12.4 Å². The van der Waals surface area contributed by atoms with E-state index in [0.717, 1.165) is 26.1 Å². The van der Waals surface area contributed by atoms with E-state index in [1.54, 1.807) is 0 Å². The standard InChI is InChI=1S/C23H27N3O/c1-15-11-18-16(2)27-23(3,17-5-8-24-9-6-17)14-26-21-7-10-25(4)13-20(21)19(12-15)22(18)26/h5-6,8-9,11-12,16H,7,10,13-14H2,1-4H3/t16-,23+/m0/s1. The fraction of sp³-hybridized carbons (Fsp3) is 0.435. The Morgan fingerprint density at radius 3 is 2.78 bits per heavy atom. The number of likely N-dealkylation sites (N-methyl/N-ethyl adjacent to an activating group) is 1. The topological polar surface area (TPSA) is 30.3 Å². The van der Waals surface area contributed by atoms with Gasteiger partial charge in [0, 0.05) is 48.5 Å². The van der Waals surface area contributed by atoms with Gasteiger partial charge in [0.15, 0.2) is 0 Å². The van der Waals surface area contributed by atoms with Gasteiger partial charge < -0.3 is 14.2 Å². The van der Waals surface area contributed by atoms with Gasteiger partial charge in [0.05, 0.1) is 18.2 Å². The summed E-state index contributed by atoms with van der Waals surface area (Å²) in [4.78, 5) is 6.64. The van der Waals surface area contributed by atoms with Crippen LogP contribution in [0.3, 0.4) is 0 Å². The van der Waals surface area contributed by atoms with E-state index in [1.165, 1.54) is 38.9 Å². The molecule has 140 valence electrons. The highest BCUT2D eigenvalue weighted by Crippen LogP contribution is 2.44. The van der Waals surface area contributed by atoms with Crippen LogP contribution in [0.4, 0.5) is 0 Å². The Hall–Kier alpha value is -2.17. The summed E-state index contributed by atoms with van der Waals surface area (Å²) in [5, 5.41) is 1.42. The highest BCUT2D eigenvalue weighted by atomic mass is 16.5. The second-order valence-electron chi connectivity index (χ2n) is 8.48. The second kappa shape index (κ2) is 5.91. The lowest BCUT2D eigenvalue weighted by molar-refractivity contribution is -0.0884. The molecule has 0 amide bonds. The van der Waals surface area contributed by atoms with Gasteiger partial charge in [-0.25, -0.2) is 0 Å². The number of ether oxygens (including phenoxy) is 1. The summed E-state index contributed by atoms with van der Waals surface area (Å²) < 4.78 is 9.29. The summed E-state index contributed by atoms with van der Waals surface area (Å²) in [5.41, 5.74) is 7.83. The van der Waals surface area contributed by atoms with E-state index in [0.29, 0.717) is 0 Å². The lowest BCUT2D eigenvalue weighted by Crippen LogP contribution is -2.33. The van der Waals surface area contributed by atoms with Crippen LogP contribution in [0, 0.1) is 6.92 Å². The molecule has 0 unspecified atom stereocenters. The minimum Gasteiger partial charge on any atom is -0.361 e. The smallest absolute Gasteiger partial charge is 0.109 e. The summed E-state index contributed by atoms with van der Waals surface area (Å²) in [6, 6.07) is 8.87. The molecule has 4 nitrogen and oxygen atoms in total. The fourth-order valence-corrected chi connectivity index (χ4v) is 5.04. The molecule has 2 aliphatic rings. The first-order chi connectivity index (χ1) is 13.0. The van der Waals surface area contributed by atoms with Crippen molar-refractivity contribution in [1.82, 2.24) is 14.5 Å². The number of fused-ring (bicyclic) bond motifs is 3. The van der Waals surface area contributed by atoms with Gasteiger partial charge in [0.2, 0.25) is 0 Å². The Labute approximate surface area is 160 Å². The van der Waals surface area contributed by atoms with Gasteiger partial charge in [0.1, 0.15) is 5.60 Å². The van der Waals surface area contributed by atoms with Crippen molar-refractivity contribution >= 4 is 10.9 Å². The quantitative estimate of drug-likeness (QED) is 0.646. The molecule has 0 bridgehead atoms. The first kappa shape index (κ1) is 17.0. The van der Waals surface area contributed by atoms with Crippen LogP contribution in [0.15, 0.2) is 36.7 Å². The van der Waals surface area contributed by atoms with Gasteiger partial charge in [-0.2, -0.15) is 0 Å². The number of nitrogens with zero attached hydrogens (tertiary/aromatic N) is 3. The molecular weight excluding hydrogens is 334 g/mol. The van der Waals surface area contributed by atoms with E-state index in [4.69, 9.17) is 4.74 Å². The second-order valence-corrected chi connectivity index (χ2v) is 8.48. The highest BCUT2D eigenvalue weighted by Gasteiger charge is 2.37. The zero-order valence-corrected chi connectivity index (χ0v) is 16.6. The lowest BCUT2D eigenvalue weighted by atomic mass is 9.95. The normalized spacial score (nSPS) is 25.4. The number of pyridine rings is 1. The Bertz CT molecular complexity index is 1020. The van der Waals surface area contributed by atoms with Crippen molar-refractivity contribution in [3.63, 3.8) is 0 Å². The van der Waals surface area contributed by atoms with Gasteiger partial charge in [-0.3, -0.25) is 4.98 Å². The van der Waals surface area contributed by atoms with Crippen LogP contribution in [0.1, 0.15) is 47.9 Å². The van der Waals surface area contributed by atoms with Crippen molar-refractivity contribution in [2.75, 3.05) is 13.6 Å². The van der Waals surface area contributed by atoms with Gasteiger partial charge in [0.25, 0.3) is 0 Å². The third kappa shape index (κ3) is 2.54. The molecule has 0 saturated heterocycles. The Morgan fingerprint density at radius 2 is 2.00 bits per heavy atom. The minimum atomic E-state index is -0.377. The monoisotopic (exact) mass is 361 g/mol. The summed E-state index contributed by atoms with van der Waals surface area (Å²) in [5.74, 6) is 0. The van der Waals surface area contributed by atoms with Crippen molar-refractivity contribution in [3.05, 3.63) is 64.6 Å². The largest absolute Gasteiger partial charge is 0.361 e. The van der Waals surface area contributed by atoms with E-state index in [9.17, 15) is 0 Å². The predicted molar refractivity (Wildman–Crippen MR) is 108 cm³/mol. The van der Waals surface area contributed by atoms with Crippen LogP contribution in [-0.2, 0) is 29.8 Å². The lowest BCUT2D eigenvalue weighted by Gasteiger charge is -2.33. The summed E-state index contributed by atoms with van der Waals surface area (Å²) >= 11 is 0. The molecule has 0 fully saturated rings. The maximum absolute atomic E-state index is 6.72. The number of hydrogen-bond donors (Lipinski definition) is 0. The predicted octanol–water partition coefficient (Wildman–Crippen LogP) is 4.34. The average Bonchev–Trinajstić information content (AvgIpc) is 2.87. The van der Waals surface area contributed by atoms with Crippen LogP contribution >= 0.6 is 0 Å². The molecule has 0 saturated carbocycles. The minimum absolute atomic E-state index is 0.0425. The third-order valence-electron chi connectivity index (χ3n) is 6.34. The van der Waals surface area contributed by atoms with Crippen LogP contribution in [-0.4, -0.2) is 28.0 Å². The summed E-state index contributed by atoms with van der Waals surface area (Å²) in [7, 11) is 2.22. The molecule has 5 rings (SSSR count). The SMILES string of the molecule is Cc1cc2c3c(c1)c1c(n3C[C@](C)(c3ccncc3)O[C@H]2C)CCN(C)C1. The van der Waals surface area contributed by atoms with Gasteiger partial charge in [-0.1, -0.05) is 11.6 Å².